The van der Waals surface area contributed by atoms with Gasteiger partial charge in [0, 0.05) is 43.7 Å². The molecule has 29 heavy (non-hydrogen) atoms. The van der Waals surface area contributed by atoms with E-state index in [1.165, 1.54) is 5.56 Å². The lowest BCUT2D eigenvalue weighted by atomic mass is 9.83. The SMILES string of the molecule is O=C1CC[C@@H]2CN(Cc3ccc(Cl)cc3)CC[C@@H]2N1Cc1ccc2c(c1)OCO2. The maximum Gasteiger partial charge on any atom is 0.231 e. The molecule has 0 unspecified atom stereocenters. The van der Waals surface area contributed by atoms with Crippen LogP contribution in [0.4, 0.5) is 0 Å². The van der Waals surface area contributed by atoms with Gasteiger partial charge >= 0.3 is 0 Å². The molecule has 3 aliphatic heterocycles. The molecular weight excluding hydrogens is 388 g/mol. The zero-order chi connectivity index (χ0) is 19.8. The highest BCUT2D eigenvalue weighted by Gasteiger charge is 2.39. The Balaban J connectivity index is 1.26. The van der Waals surface area contributed by atoms with Gasteiger partial charge in [-0.2, -0.15) is 0 Å². The molecular formula is C23H25ClN2O3. The Morgan fingerprint density at radius 3 is 2.62 bits per heavy atom. The number of halogens is 1. The summed E-state index contributed by atoms with van der Waals surface area (Å²) in [6.07, 6.45) is 2.65. The van der Waals surface area contributed by atoms with E-state index in [0.717, 1.165) is 54.6 Å². The lowest BCUT2D eigenvalue weighted by Gasteiger charge is -2.47. The van der Waals surface area contributed by atoms with Crippen molar-refractivity contribution in [1.29, 1.82) is 0 Å². The zero-order valence-electron chi connectivity index (χ0n) is 16.4. The van der Waals surface area contributed by atoms with E-state index in [0.29, 0.717) is 24.9 Å². The van der Waals surface area contributed by atoms with Gasteiger partial charge in [0.25, 0.3) is 0 Å². The third-order valence-electron chi connectivity index (χ3n) is 6.34. The third kappa shape index (κ3) is 3.94. The lowest BCUT2D eigenvalue weighted by molar-refractivity contribution is -0.142. The summed E-state index contributed by atoms with van der Waals surface area (Å²) in [6, 6.07) is 14.4. The molecule has 2 aromatic carbocycles. The van der Waals surface area contributed by atoms with Crippen LogP contribution in [0.2, 0.25) is 5.02 Å². The molecule has 0 saturated carbocycles. The second-order valence-corrected chi connectivity index (χ2v) is 8.66. The molecule has 2 fully saturated rings. The molecule has 0 radical (unpaired) electrons. The molecule has 0 aromatic heterocycles. The molecule has 2 saturated heterocycles. The molecule has 2 aromatic rings. The summed E-state index contributed by atoms with van der Waals surface area (Å²) in [5.41, 5.74) is 2.39. The molecule has 152 valence electrons. The maximum absolute atomic E-state index is 12.7. The molecule has 6 heteroatoms. The van der Waals surface area contributed by atoms with Crippen LogP contribution in [0.5, 0.6) is 11.5 Å². The van der Waals surface area contributed by atoms with Gasteiger partial charge < -0.3 is 14.4 Å². The largest absolute Gasteiger partial charge is 0.454 e. The number of amides is 1. The number of fused-ring (bicyclic) bond motifs is 2. The molecule has 0 N–H and O–H groups in total. The van der Waals surface area contributed by atoms with Crippen LogP contribution >= 0.6 is 11.6 Å². The van der Waals surface area contributed by atoms with Gasteiger partial charge in [-0.1, -0.05) is 29.8 Å². The van der Waals surface area contributed by atoms with Crippen LogP contribution in [0.15, 0.2) is 42.5 Å². The molecule has 2 atom stereocenters. The summed E-state index contributed by atoms with van der Waals surface area (Å²) in [7, 11) is 0. The van der Waals surface area contributed by atoms with Gasteiger partial charge in [0.15, 0.2) is 11.5 Å². The molecule has 3 heterocycles. The van der Waals surface area contributed by atoms with Gasteiger partial charge in [-0.25, -0.2) is 0 Å². The summed E-state index contributed by atoms with van der Waals surface area (Å²) in [6.45, 7) is 3.91. The molecule has 0 spiro atoms. The number of nitrogens with zero attached hydrogens (tertiary/aromatic N) is 2. The Hall–Kier alpha value is -2.24. The Labute approximate surface area is 176 Å². The van der Waals surface area contributed by atoms with E-state index in [4.69, 9.17) is 21.1 Å². The van der Waals surface area contributed by atoms with Crippen molar-refractivity contribution in [2.24, 2.45) is 5.92 Å². The second kappa shape index (κ2) is 7.88. The van der Waals surface area contributed by atoms with Crippen LogP contribution in [0.3, 0.4) is 0 Å². The minimum Gasteiger partial charge on any atom is -0.454 e. The second-order valence-electron chi connectivity index (χ2n) is 8.23. The molecule has 5 rings (SSSR count). The fourth-order valence-electron chi connectivity index (χ4n) is 4.86. The van der Waals surface area contributed by atoms with Gasteiger partial charge in [0.2, 0.25) is 12.7 Å². The molecule has 0 bridgehead atoms. The van der Waals surface area contributed by atoms with Crippen molar-refractivity contribution in [3.63, 3.8) is 0 Å². The number of carbonyl (C=O) groups excluding carboxylic acids is 1. The Bertz CT molecular complexity index is 901. The van der Waals surface area contributed by atoms with Crippen LogP contribution in [0.25, 0.3) is 0 Å². The minimum absolute atomic E-state index is 0.273. The van der Waals surface area contributed by atoms with Gasteiger partial charge in [0.05, 0.1) is 0 Å². The van der Waals surface area contributed by atoms with Gasteiger partial charge in [-0.05, 0) is 54.2 Å². The number of likely N-dealkylation sites (tertiary alicyclic amines) is 2. The lowest BCUT2D eigenvalue weighted by Crippen LogP contribution is -2.55. The fraction of sp³-hybridized carbons (Fsp3) is 0.435. The Kier molecular flexibility index (Phi) is 5.10. The first kappa shape index (κ1) is 18.8. The minimum atomic E-state index is 0.273. The first-order valence-electron chi connectivity index (χ1n) is 10.3. The zero-order valence-corrected chi connectivity index (χ0v) is 17.1. The van der Waals surface area contributed by atoms with E-state index in [9.17, 15) is 4.79 Å². The summed E-state index contributed by atoms with van der Waals surface area (Å²) in [5.74, 6) is 2.37. The van der Waals surface area contributed by atoms with Crippen molar-refractivity contribution >= 4 is 17.5 Å². The Morgan fingerprint density at radius 1 is 0.966 bits per heavy atom. The highest BCUT2D eigenvalue weighted by molar-refractivity contribution is 6.30. The number of hydrogen-bond donors (Lipinski definition) is 0. The van der Waals surface area contributed by atoms with E-state index in [1.807, 2.05) is 30.3 Å². The summed E-state index contributed by atoms with van der Waals surface area (Å²) in [5, 5.41) is 0.775. The van der Waals surface area contributed by atoms with E-state index in [2.05, 4.69) is 21.9 Å². The standard InChI is InChI=1S/C23H25ClN2O3/c24-19-5-1-16(2-6-19)12-25-10-9-20-18(14-25)4-8-23(27)26(20)13-17-3-7-21-22(11-17)29-15-28-21/h1-3,5-7,11,18,20H,4,8-10,12-15H2/t18-,20+/m1/s1. The van der Waals surface area contributed by atoms with Gasteiger partial charge in [-0.3, -0.25) is 9.69 Å². The van der Waals surface area contributed by atoms with Crippen molar-refractivity contribution in [2.45, 2.75) is 38.4 Å². The smallest absolute Gasteiger partial charge is 0.231 e. The monoisotopic (exact) mass is 412 g/mol. The highest BCUT2D eigenvalue weighted by Crippen LogP contribution is 2.36. The predicted octanol–water partition coefficient (Wildman–Crippen LogP) is 4.08. The quantitative estimate of drug-likeness (QED) is 0.758. The average molecular weight is 413 g/mol. The van der Waals surface area contributed by atoms with E-state index < -0.39 is 0 Å². The first-order valence-corrected chi connectivity index (χ1v) is 10.7. The van der Waals surface area contributed by atoms with Gasteiger partial charge in [-0.15, -0.1) is 0 Å². The van der Waals surface area contributed by atoms with Crippen LogP contribution in [-0.2, 0) is 17.9 Å². The van der Waals surface area contributed by atoms with E-state index >= 15 is 0 Å². The Morgan fingerprint density at radius 2 is 1.76 bits per heavy atom. The van der Waals surface area contributed by atoms with Crippen LogP contribution in [0.1, 0.15) is 30.4 Å². The van der Waals surface area contributed by atoms with E-state index in [1.54, 1.807) is 0 Å². The average Bonchev–Trinajstić information content (AvgIpc) is 3.20. The molecule has 0 aliphatic carbocycles. The fourth-order valence-corrected chi connectivity index (χ4v) is 4.99. The highest BCUT2D eigenvalue weighted by atomic mass is 35.5. The topological polar surface area (TPSA) is 42.0 Å². The van der Waals surface area contributed by atoms with Crippen LogP contribution < -0.4 is 9.47 Å². The molecule has 5 nitrogen and oxygen atoms in total. The number of carbonyl (C=O) groups is 1. The van der Waals surface area contributed by atoms with Crippen molar-refractivity contribution in [3.05, 3.63) is 58.6 Å². The summed E-state index contributed by atoms with van der Waals surface area (Å²) >= 11 is 6.01. The van der Waals surface area contributed by atoms with Crippen molar-refractivity contribution < 1.29 is 14.3 Å². The first-order chi connectivity index (χ1) is 14.2. The number of hydrogen-bond acceptors (Lipinski definition) is 4. The third-order valence-corrected chi connectivity index (χ3v) is 6.59. The van der Waals surface area contributed by atoms with Gasteiger partial charge in [0.1, 0.15) is 0 Å². The molecule has 3 aliphatic rings. The number of piperidine rings is 2. The maximum atomic E-state index is 12.7. The summed E-state index contributed by atoms with van der Waals surface area (Å²) in [4.78, 5) is 17.4. The predicted molar refractivity (Wildman–Crippen MR) is 111 cm³/mol. The van der Waals surface area contributed by atoms with Crippen molar-refractivity contribution in [3.8, 4) is 11.5 Å². The van der Waals surface area contributed by atoms with Crippen molar-refractivity contribution in [1.82, 2.24) is 9.80 Å². The van der Waals surface area contributed by atoms with Crippen molar-refractivity contribution in [2.75, 3.05) is 19.9 Å². The number of rotatable bonds is 4. The molecule has 1 amide bonds. The van der Waals surface area contributed by atoms with Crippen LogP contribution in [0, 0.1) is 5.92 Å². The summed E-state index contributed by atoms with van der Waals surface area (Å²) < 4.78 is 10.9. The number of ether oxygens (including phenoxy) is 2. The van der Waals surface area contributed by atoms with E-state index in [-0.39, 0.29) is 12.7 Å². The number of benzene rings is 2. The normalized spacial score (nSPS) is 23.9. The van der Waals surface area contributed by atoms with Crippen LogP contribution in [-0.4, -0.2) is 41.6 Å².